The second kappa shape index (κ2) is 13.0. The number of alkyl halides is 3. The van der Waals surface area contributed by atoms with E-state index in [-0.39, 0.29) is 21.6 Å². The van der Waals surface area contributed by atoms with Crippen molar-refractivity contribution >= 4 is 58.1 Å². The van der Waals surface area contributed by atoms with E-state index in [1.165, 1.54) is 6.20 Å². The summed E-state index contributed by atoms with van der Waals surface area (Å²) in [7, 11) is 1.69. The molecular formula is C24H27F3N6O3S2. The topological polar surface area (TPSA) is 110 Å². The lowest BCUT2D eigenvalue weighted by molar-refractivity contribution is -0.135. The van der Waals surface area contributed by atoms with Gasteiger partial charge in [0.25, 0.3) is 11.5 Å². The number of carbonyl (C=O) groups is 2. The predicted molar refractivity (Wildman–Crippen MR) is 143 cm³/mol. The molecule has 0 saturated carbocycles. The molecule has 0 atom stereocenters. The fourth-order valence-corrected chi connectivity index (χ4v) is 5.68. The first-order valence-electron chi connectivity index (χ1n) is 11.7. The third-order valence-corrected chi connectivity index (χ3v) is 7.74. The molecule has 0 unspecified atom stereocenters. The molecule has 2 heterocycles. The van der Waals surface area contributed by atoms with E-state index in [1.807, 2.05) is 11.8 Å². The van der Waals surface area contributed by atoms with Gasteiger partial charge < -0.3 is 15.5 Å². The van der Waals surface area contributed by atoms with Crippen LogP contribution in [-0.4, -0.2) is 72.2 Å². The zero-order valence-corrected chi connectivity index (χ0v) is 22.4. The standard InChI is InChI=1S/C24H27F3N6O3S2/c1-3-33-22(36)19(38-23(33)18(12-28)21(35)30-15-24(25,26)27)13-29-16-5-4-6-17(11-16)31(2)20(34)14-32-7-9-37-10-8-32/h4-6,11,13,29H,3,7-10,14-15H2,1-2H3,(H,30,35)/b19-13+,23-18-. The predicted octanol–water partition coefficient (Wildman–Crippen LogP) is 1.14. The maximum Gasteiger partial charge on any atom is 0.405 e. The Kier molecular flexibility index (Phi) is 10.0. The van der Waals surface area contributed by atoms with E-state index in [0.29, 0.717) is 17.9 Å². The minimum Gasteiger partial charge on any atom is -0.360 e. The van der Waals surface area contributed by atoms with E-state index in [0.717, 1.165) is 40.5 Å². The van der Waals surface area contributed by atoms with E-state index in [2.05, 4.69) is 10.2 Å². The second-order valence-corrected chi connectivity index (χ2v) is 10.5. The van der Waals surface area contributed by atoms with Crippen molar-refractivity contribution in [2.75, 3.05) is 54.9 Å². The Hall–Kier alpha value is -3.28. The Morgan fingerprint density at radius 2 is 1.97 bits per heavy atom. The van der Waals surface area contributed by atoms with Gasteiger partial charge in [0.1, 0.15) is 21.8 Å². The number of likely N-dealkylation sites (N-methyl/N-ethyl adjacent to an activating group) is 1. The first kappa shape index (κ1) is 29.3. The number of nitriles is 1. The van der Waals surface area contributed by atoms with Gasteiger partial charge >= 0.3 is 6.18 Å². The van der Waals surface area contributed by atoms with Crippen LogP contribution in [0.3, 0.4) is 0 Å². The van der Waals surface area contributed by atoms with Crippen LogP contribution in [0.5, 0.6) is 0 Å². The summed E-state index contributed by atoms with van der Waals surface area (Å²) in [6, 6.07) is 8.64. The Bertz CT molecular complexity index is 1390. The van der Waals surface area contributed by atoms with Crippen LogP contribution in [0.25, 0.3) is 11.8 Å². The van der Waals surface area contributed by atoms with Crippen LogP contribution >= 0.6 is 23.1 Å². The van der Waals surface area contributed by atoms with Crippen LogP contribution in [0.1, 0.15) is 6.92 Å². The molecule has 1 aliphatic rings. The van der Waals surface area contributed by atoms with E-state index >= 15 is 0 Å². The van der Waals surface area contributed by atoms with E-state index in [9.17, 15) is 32.8 Å². The van der Waals surface area contributed by atoms with Crippen molar-refractivity contribution < 1.29 is 22.8 Å². The molecule has 0 bridgehead atoms. The van der Waals surface area contributed by atoms with Gasteiger partial charge in [0.2, 0.25) is 5.91 Å². The van der Waals surface area contributed by atoms with Gasteiger partial charge in [-0.1, -0.05) is 6.07 Å². The van der Waals surface area contributed by atoms with Crippen molar-refractivity contribution in [3.8, 4) is 6.07 Å². The van der Waals surface area contributed by atoms with Crippen molar-refractivity contribution in [1.82, 2.24) is 14.8 Å². The molecule has 14 heteroatoms. The summed E-state index contributed by atoms with van der Waals surface area (Å²) in [6.45, 7) is 2.19. The largest absolute Gasteiger partial charge is 0.405 e. The lowest BCUT2D eigenvalue weighted by Crippen LogP contribution is -2.42. The van der Waals surface area contributed by atoms with Gasteiger partial charge in [0.15, 0.2) is 5.57 Å². The molecule has 1 fully saturated rings. The average molecular weight is 569 g/mol. The van der Waals surface area contributed by atoms with Crippen LogP contribution in [0.2, 0.25) is 0 Å². The zero-order valence-electron chi connectivity index (χ0n) is 20.8. The number of rotatable bonds is 8. The fraction of sp³-hybridized carbons (Fsp3) is 0.417. The molecule has 0 spiro atoms. The average Bonchev–Trinajstić information content (AvgIpc) is 3.21. The Balaban J connectivity index is 1.84. The highest BCUT2D eigenvalue weighted by molar-refractivity contribution is 7.99. The molecule has 0 aliphatic carbocycles. The minimum absolute atomic E-state index is 0.0390. The van der Waals surface area contributed by atoms with Gasteiger partial charge in [0.05, 0.1) is 6.54 Å². The number of nitrogens with zero attached hydrogens (tertiary/aromatic N) is 4. The molecule has 3 rings (SSSR count). The highest BCUT2D eigenvalue weighted by atomic mass is 32.2. The molecule has 1 aromatic heterocycles. The molecule has 204 valence electrons. The molecule has 38 heavy (non-hydrogen) atoms. The van der Waals surface area contributed by atoms with Crippen molar-refractivity contribution in [1.29, 1.82) is 5.26 Å². The lowest BCUT2D eigenvalue weighted by Gasteiger charge is -2.27. The molecule has 2 amide bonds. The van der Waals surface area contributed by atoms with Crippen molar-refractivity contribution in [2.45, 2.75) is 19.6 Å². The lowest BCUT2D eigenvalue weighted by atomic mass is 10.2. The van der Waals surface area contributed by atoms with Crippen LogP contribution < -0.4 is 30.3 Å². The number of hydrogen-bond acceptors (Lipinski definition) is 8. The van der Waals surface area contributed by atoms with Gasteiger partial charge in [-0.2, -0.15) is 30.2 Å². The monoisotopic (exact) mass is 568 g/mol. The number of thioether (sulfide) groups is 1. The maximum absolute atomic E-state index is 12.9. The van der Waals surface area contributed by atoms with E-state index < -0.39 is 29.8 Å². The van der Waals surface area contributed by atoms with Crippen LogP contribution in [0.4, 0.5) is 24.5 Å². The van der Waals surface area contributed by atoms with E-state index in [1.54, 1.807) is 54.5 Å². The molecule has 9 nitrogen and oxygen atoms in total. The van der Waals surface area contributed by atoms with Gasteiger partial charge in [-0.3, -0.25) is 23.9 Å². The third kappa shape index (κ3) is 7.62. The SMILES string of the molecule is CCn1c(=O)/c(=C\Nc2cccc(N(C)C(=O)CN3CCSCC3)c2)s/c1=C(/C#N)C(=O)NCC(F)(F)F. The summed E-state index contributed by atoms with van der Waals surface area (Å²) < 4.78 is 38.7. The number of anilines is 2. The van der Waals surface area contributed by atoms with Crippen molar-refractivity contribution in [3.05, 3.63) is 43.8 Å². The Morgan fingerprint density at radius 1 is 1.26 bits per heavy atom. The summed E-state index contributed by atoms with van der Waals surface area (Å²) >= 11 is 2.69. The first-order valence-corrected chi connectivity index (χ1v) is 13.6. The third-order valence-electron chi connectivity index (χ3n) is 5.67. The van der Waals surface area contributed by atoms with Gasteiger partial charge in [0, 0.05) is 55.8 Å². The molecule has 1 aromatic carbocycles. The van der Waals surface area contributed by atoms with E-state index in [4.69, 9.17) is 0 Å². The molecule has 2 aromatic rings. The summed E-state index contributed by atoms with van der Waals surface area (Å²) in [5, 5.41) is 14.1. The fourth-order valence-electron chi connectivity index (χ4n) is 3.61. The minimum atomic E-state index is -4.64. The number of nitrogens with one attached hydrogen (secondary N) is 2. The number of carbonyl (C=O) groups excluding carboxylic acids is 2. The van der Waals surface area contributed by atoms with Gasteiger partial charge in [-0.05, 0) is 25.1 Å². The molecule has 2 N–H and O–H groups in total. The smallest absolute Gasteiger partial charge is 0.360 e. The van der Waals surface area contributed by atoms with Gasteiger partial charge in [-0.25, -0.2) is 0 Å². The second-order valence-electron chi connectivity index (χ2n) is 8.29. The molecule has 1 aliphatic heterocycles. The maximum atomic E-state index is 12.9. The number of aromatic nitrogens is 1. The quantitative estimate of drug-likeness (QED) is 0.492. The number of benzene rings is 1. The summed E-state index contributed by atoms with van der Waals surface area (Å²) in [6.07, 6.45) is -3.24. The summed E-state index contributed by atoms with van der Waals surface area (Å²) in [5.74, 6) is 0.747. The highest BCUT2D eigenvalue weighted by Crippen LogP contribution is 2.19. The normalized spacial score (nSPS) is 15.5. The van der Waals surface area contributed by atoms with Crippen molar-refractivity contribution in [2.24, 2.45) is 0 Å². The molecular weight excluding hydrogens is 541 g/mol. The first-order chi connectivity index (χ1) is 18.0. The zero-order chi connectivity index (χ0) is 27.9. The Morgan fingerprint density at radius 3 is 2.61 bits per heavy atom. The van der Waals surface area contributed by atoms with Crippen LogP contribution in [0.15, 0.2) is 29.1 Å². The molecule has 1 saturated heterocycles. The highest BCUT2D eigenvalue weighted by Gasteiger charge is 2.29. The van der Waals surface area contributed by atoms with Crippen LogP contribution in [0, 0.1) is 11.3 Å². The van der Waals surface area contributed by atoms with Gasteiger partial charge in [-0.15, -0.1) is 11.3 Å². The number of amides is 2. The number of halogens is 3. The summed E-state index contributed by atoms with van der Waals surface area (Å²) in [5.41, 5.74) is 0.159. The summed E-state index contributed by atoms with van der Waals surface area (Å²) in [4.78, 5) is 41.5. The van der Waals surface area contributed by atoms with Crippen molar-refractivity contribution in [3.63, 3.8) is 0 Å². The molecule has 0 radical (unpaired) electrons. The number of thiazole rings is 1. The Labute approximate surface area is 225 Å². The van der Waals surface area contributed by atoms with Crippen LogP contribution in [-0.2, 0) is 16.1 Å². The number of hydrogen-bond donors (Lipinski definition) is 2.